The average Bonchev–Trinajstić information content (AvgIpc) is 2.25. The Bertz CT molecular complexity index is 363. The van der Waals surface area contributed by atoms with Gasteiger partial charge in [0, 0.05) is 5.56 Å². The van der Waals surface area contributed by atoms with Crippen LogP contribution >= 0.6 is 0 Å². The fourth-order valence-electron chi connectivity index (χ4n) is 1.83. The predicted octanol–water partition coefficient (Wildman–Crippen LogP) is 2.50. The predicted molar refractivity (Wildman–Crippen MR) is 69.9 cm³/mol. The van der Waals surface area contributed by atoms with Crippen molar-refractivity contribution in [2.75, 3.05) is 0 Å². The standard InChI is InChI=1S/C14H23NO2/c1-9(2)4-7-12(16)14(15)11-6-5-10(3)8-13(11)17/h5-6,8-9,12,14,16-17H,4,7,15H2,1-3H3/t12-,14+/m1/s1. The Morgan fingerprint density at radius 2 is 1.88 bits per heavy atom. The number of aliphatic hydroxyl groups is 1. The van der Waals surface area contributed by atoms with Gasteiger partial charge in [-0.2, -0.15) is 0 Å². The lowest BCUT2D eigenvalue weighted by Gasteiger charge is -2.21. The number of aryl methyl sites for hydroxylation is 1. The van der Waals surface area contributed by atoms with E-state index < -0.39 is 12.1 Å². The molecule has 0 spiro atoms. The second-order valence-corrected chi connectivity index (χ2v) is 5.13. The molecule has 0 aromatic heterocycles. The second-order valence-electron chi connectivity index (χ2n) is 5.13. The van der Waals surface area contributed by atoms with Gasteiger partial charge in [0.15, 0.2) is 0 Å². The van der Waals surface area contributed by atoms with Gasteiger partial charge in [-0.3, -0.25) is 0 Å². The van der Waals surface area contributed by atoms with E-state index in [9.17, 15) is 10.2 Å². The van der Waals surface area contributed by atoms with Crippen molar-refractivity contribution in [3.63, 3.8) is 0 Å². The summed E-state index contributed by atoms with van der Waals surface area (Å²) < 4.78 is 0. The second kappa shape index (κ2) is 6.03. The van der Waals surface area contributed by atoms with Crippen molar-refractivity contribution in [2.24, 2.45) is 11.7 Å². The number of phenolic OH excluding ortho intramolecular Hbond substituents is 1. The van der Waals surface area contributed by atoms with Crippen LogP contribution in [0.15, 0.2) is 18.2 Å². The van der Waals surface area contributed by atoms with E-state index in [0.29, 0.717) is 17.9 Å². The van der Waals surface area contributed by atoms with E-state index in [1.54, 1.807) is 12.1 Å². The fraction of sp³-hybridized carbons (Fsp3) is 0.571. The van der Waals surface area contributed by atoms with Crippen LogP contribution < -0.4 is 5.73 Å². The first-order valence-electron chi connectivity index (χ1n) is 6.15. The van der Waals surface area contributed by atoms with Crippen molar-refractivity contribution < 1.29 is 10.2 Å². The Morgan fingerprint density at radius 3 is 2.41 bits per heavy atom. The molecule has 0 fully saturated rings. The molecule has 0 amide bonds. The van der Waals surface area contributed by atoms with Crippen molar-refractivity contribution >= 4 is 0 Å². The molecule has 0 saturated heterocycles. The van der Waals surface area contributed by atoms with E-state index in [-0.39, 0.29) is 5.75 Å². The van der Waals surface area contributed by atoms with Crippen molar-refractivity contribution in [3.05, 3.63) is 29.3 Å². The summed E-state index contributed by atoms with van der Waals surface area (Å²) in [5.74, 6) is 0.713. The smallest absolute Gasteiger partial charge is 0.120 e. The van der Waals surface area contributed by atoms with Gasteiger partial charge in [0.2, 0.25) is 0 Å². The van der Waals surface area contributed by atoms with Crippen LogP contribution in [0.2, 0.25) is 0 Å². The number of phenols is 1. The van der Waals surface area contributed by atoms with Crippen LogP contribution in [0, 0.1) is 12.8 Å². The van der Waals surface area contributed by atoms with Crippen molar-refractivity contribution in [2.45, 2.75) is 45.8 Å². The third-order valence-electron chi connectivity index (χ3n) is 3.00. The minimum absolute atomic E-state index is 0.168. The highest BCUT2D eigenvalue weighted by atomic mass is 16.3. The molecule has 2 atom stereocenters. The van der Waals surface area contributed by atoms with Crippen molar-refractivity contribution in [1.29, 1.82) is 0 Å². The van der Waals surface area contributed by atoms with Gasteiger partial charge in [0.05, 0.1) is 12.1 Å². The van der Waals surface area contributed by atoms with E-state index in [4.69, 9.17) is 5.73 Å². The summed E-state index contributed by atoms with van der Waals surface area (Å²) in [7, 11) is 0. The Morgan fingerprint density at radius 1 is 1.24 bits per heavy atom. The number of rotatable bonds is 5. The molecule has 0 radical (unpaired) electrons. The van der Waals surface area contributed by atoms with Crippen LogP contribution in [0.3, 0.4) is 0 Å². The van der Waals surface area contributed by atoms with E-state index in [0.717, 1.165) is 12.0 Å². The van der Waals surface area contributed by atoms with Crippen LogP contribution in [0.1, 0.15) is 43.9 Å². The first kappa shape index (κ1) is 14.0. The monoisotopic (exact) mass is 237 g/mol. The maximum atomic E-state index is 9.98. The maximum absolute atomic E-state index is 9.98. The third-order valence-corrected chi connectivity index (χ3v) is 3.00. The number of benzene rings is 1. The Labute approximate surface area is 103 Å². The first-order valence-corrected chi connectivity index (χ1v) is 6.15. The topological polar surface area (TPSA) is 66.5 Å². The van der Waals surface area contributed by atoms with Gasteiger partial charge in [-0.15, -0.1) is 0 Å². The molecule has 1 rings (SSSR count). The molecule has 3 nitrogen and oxygen atoms in total. The summed E-state index contributed by atoms with van der Waals surface area (Å²) in [4.78, 5) is 0. The highest BCUT2D eigenvalue weighted by Crippen LogP contribution is 2.27. The van der Waals surface area contributed by atoms with Gasteiger partial charge in [0.1, 0.15) is 5.75 Å². The molecule has 0 heterocycles. The molecule has 96 valence electrons. The van der Waals surface area contributed by atoms with Crippen molar-refractivity contribution in [3.8, 4) is 5.75 Å². The maximum Gasteiger partial charge on any atom is 0.120 e. The Kier molecular flexibility index (Phi) is 4.97. The summed E-state index contributed by atoms with van der Waals surface area (Å²) in [5.41, 5.74) is 7.56. The molecule has 0 saturated carbocycles. The molecule has 0 aliphatic rings. The summed E-state index contributed by atoms with van der Waals surface area (Å²) in [6.07, 6.45) is 0.985. The average molecular weight is 237 g/mol. The van der Waals surface area contributed by atoms with Crippen LogP contribution in [0.4, 0.5) is 0 Å². The number of hydrogen-bond donors (Lipinski definition) is 3. The number of aliphatic hydroxyl groups excluding tert-OH is 1. The fourth-order valence-corrected chi connectivity index (χ4v) is 1.83. The normalized spacial score (nSPS) is 14.9. The van der Waals surface area contributed by atoms with Crippen LogP contribution in [-0.2, 0) is 0 Å². The molecule has 4 N–H and O–H groups in total. The van der Waals surface area contributed by atoms with Gasteiger partial charge >= 0.3 is 0 Å². The Balaban J connectivity index is 2.71. The van der Waals surface area contributed by atoms with E-state index in [1.807, 2.05) is 13.0 Å². The minimum Gasteiger partial charge on any atom is -0.508 e. The molecule has 0 aliphatic heterocycles. The van der Waals surface area contributed by atoms with Gasteiger partial charge in [-0.25, -0.2) is 0 Å². The highest BCUT2D eigenvalue weighted by Gasteiger charge is 2.19. The lowest BCUT2D eigenvalue weighted by Crippen LogP contribution is -2.26. The number of hydrogen-bond acceptors (Lipinski definition) is 3. The van der Waals surface area contributed by atoms with Gasteiger partial charge < -0.3 is 15.9 Å². The molecule has 0 aliphatic carbocycles. The molecule has 3 heteroatoms. The third kappa shape index (κ3) is 4.02. The van der Waals surface area contributed by atoms with Gasteiger partial charge in [0.25, 0.3) is 0 Å². The van der Waals surface area contributed by atoms with Crippen LogP contribution in [0.25, 0.3) is 0 Å². The lowest BCUT2D eigenvalue weighted by atomic mass is 9.95. The summed E-state index contributed by atoms with van der Waals surface area (Å²) in [5, 5.41) is 19.8. The largest absolute Gasteiger partial charge is 0.508 e. The van der Waals surface area contributed by atoms with Gasteiger partial charge in [-0.1, -0.05) is 26.0 Å². The molecule has 0 unspecified atom stereocenters. The first-order chi connectivity index (χ1) is 7.91. The SMILES string of the molecule is Cc1ccc([C@H](N)[C@H](O)CCC(C)C)c(O)c1. The van der Waals surface area contributed by atoms with E-state index >= 15 is 0 Å². The Hall–Kier alpha value is -1.06. The zero-order valence-corrected chi connectivity index (χ0v) is 10.9. The molecule has 0 bridgehead atoms. The van der Waals surface area contributed by atoms with Crippen LogP contribution in [-0.4, -0.2) is 16.3 Å². The lowest BCUT2D eigenvalue weighted by molar-refractivity contribution is 0.127. The molecule has 1 aromatic rings. The highest BCUT2D eigenvalue weighted by molar-refractivity contribution is 5.38. The molecule has 17 heavy (non-hydrogen) atoms. The number of nitrogens with two attached hydrogens (primary N) is 1. The van der Waals surface area contributed by atoms with Gasteiger partial charge in [-0.05, 0) is 37.3 Å². The van der Waals surface area contributed by atoms with Crippen molar-refractivity contribution in [1.82, 2.24) is 0 Å². The summed E-state index contributed by atoms with van der Waals surface area (Å²) >= 11 is 0. The van der Waals surface area contributed by atoms with E-state index in [1.165, 1.54) is 0 Å². The summed E-state index contributed by atoms with van der Waals surface area (Å²) in [6.45, 7) is 6.13. The number of aromatic hydroxyl groups is 1. The molecule has 1 aromatic carbocycles. The zero-order valence-electron chi connectivity index (χ0n) is 10.9. The van der Waals surface area contributed by atoms with E-state index in [2.05, 4.69) is 13.8 Å². The van der Waals surface area contributed by atoms with Crippen LogP contribution in [0.5, 0.6) is 5.75 Å². The zero-order chi connectivity index (χ0) is 13.0. The minimum atomic E-state index is -0.606. The quantitative estimate of drug-likeness (QED) is 0.737. The summed E-state index contributed by atoms with van der Waals surface area (Å²) in [6, 6.07) is 4.83. The molecular formula is C14H23NO2. The molecular weight excluding hydrogens is 214 g/mol.